The minimum atomic E-state index is -4.64. The molecule has 18 heteroatoms. The van der Waals surface area contributed by atoms with Gasteiger partial charge in [0.2, 0.25) is 11.8 Å². The van der Waals surface area contributed by atoms with Crippen LogP contribution in [0.2, 0.25) is 0 Å². The molecule has 0 spiro atoms. The third-order valence-electron chi connectivity index (χ3n) is 10.2. The summed E-state index contributed by atoms with van der Waals surface area (Å²) in [6.07, 6.45) is 0.805. The summed E-state index contributed by atoms with van der Waals surface area (Å²) in [7, 11) is 3.59. The molecule has 3 N–H and O–H groups in total. The number of piperidine rings is 1. The number of carbonyl (C=O) groups excluding carboxylic acids is 4. The summed E-state index contributed by atoms with van der Waals surface area (Å²) in [6.45, 7) is 7.36. The van der Waals surface area contributed by atoms with Gasteiger partial charge in [0, 0.05) is 56.7 Å². The SMILES string of the molecule is CC(=O)O[C@H](C[C@H](C(C)C)N(C)C(=O)[C@H](CC1CC1)NC(=O)[C@H]1CCCCN1C)c1nc(C(=O)N[C@@H](Cc2ncc(C(F)(F)F)cn2)C[C@H](C)C(=O)O)cs1. The second kappa shape index (κ2) is 19.1. The quantitative estimate of drug-likeness (QED) is 0.179. The molecule has 1 aliphatic heterocycles. The Labute approximate surface area is 323 Å². The normalized spacial score (nSPS) is 19.1. The number of amides is 3. The fourth-order valence-corrected chi connectivity index (χ4v) is 7.67. The lowest BCUT2D eigenvalue weighted by molar-refractivity contribution is -0.149. The molecule has 1 aliphatic carbocycles. The summed E-state index contributed by atoms with van der Waals surface area (Å²) in [5.41, 5.74) is -1.10. The number of carboxylic acids is 1. The number of likely N-dealkylation sites (N-methyl/N-ethyl adjacent to an activating group) is 2. The molecule has 6 atom stereocenters. The van der Waals surface area contributed by atoms with E-state index in [1.807, 2.05) is 25.8 Å². The highest BCUT2D eigenvalue weighted by Crippen LogP contribution is 2.35. The van der Waals surface area contributed by atoms with Gasteiger partial charge in [0.1, 0.15) is 22.6 Å². The lowest BCUT2D eigenvalue weighted by Crippen LogP contribution is -2.56. The highest BCUT2D eigenvalue weighted by atomic mass is 32.1. The van der Waals surface area contributed by atoms with Gasteiger partial charge >= 0.3 is 18.1 Å². The summed E-state index contributed by atoms with van der Waals surface area (Å²) in [5.74, 6) is -3.51. The number of thiazole rings is 1. The van der Waals surface area contributed by atoms with Crippen LogP contribution in [0.1, 0.15) is 112 Å². The molecule has 1 saturated heterocycles. The Morgan fingerprint density at radius 3 is 2.29 bits per heavy atom. The van der Waals surface area contributed by atoms with E-state index in [-0.39, 0.29) is 59.6 Å². The van der Waals surface area contributed by atoms with E-state index in [1.54, 1.807) is 11.9 Å². The predicted molar refractivity (Wildman–Crippen MR) is 196 cm³/mol. The Morgan fingerprint density at radius 1 is 1.05 bits per heavy atom. The average molecular weight is 796 g/mol. The number of carbonyl (C=O) groups is 5. The molecule has 304 valence electrons. The van der Waals surface area contributed by atoms with Crippen LogP contribution < -0.4 is 10.6 Å². The second-order valence-corrected chi connectivity index (χ2v) is 16.0. The number of likely N-dealkylation sites (tertiary alicyclic amines) is 1. The van der Waals surface area contributed by atoms with Gasteiger partial charge in [-0.2, -0.15) is 13.2 Å². The Kier molecular flexibility index (Phi) is 15.1. The minimum Gasteiger partial charge on any atom is -0.481 e. The number of aliphatic carboxylic acids is 1. The molecule has 14 nitrogen and oxygen atoms in total. The highest BCUT2D eigenvalue weighted by Gasteiger charge is 2.38. The van der Waals surface area contributed by atoms with Gasteiger partial charge in [0.15, 0.2) is 6.10 Å². The fourth-order valence-electron chi connectivity index (χ4n) is 6.84. The highest BCUT2D eigenvalue weighted by molar-refractivity contribution is 7.09. The number of ether oxygens (including phenoxy) is 1. The van der Waals surface area contributed by atoms with E-state index in [2.05, 4.69) is 25.6 Å². The Balaban J connectivity index is 1.50. The molecular weight excluding hydrogens is 744 g/mol. The van der Waals surface area contributed by atoms with Crippen molar-refractivity contribution in [1.82, 2.24) is 35.4 Å². The van der Waals surface area contributed by atoms with Crippen molar-refractivity contribution < 1.29 is 47.0 Å². The van der Waals surface area contributed by atoms with Crippen LogP contribution in [0.15, 0.2) is 17.8 Å². The molecule has 2 aliphatic rings. The van der Waals surface area contributed by atoms with E-state index >= 15 is 0 Å². The molecule has 0 unspecified atom stereocenters. The zero-order chi connectivity index (χ0) is 40.6. The van der Waals surface area contributed by atoms with E-state index in [9.17, 15) is 42.3 Å². The van der Waals surface area contributed by atoms with E-state index < -0.39 is 59.7 Å². The fraction of sp³-hybridized carbons (Fsp3) is 0.676. The largest absolute Gasteiger partial charge is 0.481 e. The number of nitrogens with zero attached hydrogens (tertiary/aromatic N) is 5. The van der Waals surface area contributed by atoms with Gasteiger partial charge < -0.3 is 25.4 Å². The molecule has 2 aromatic rings. The summed E-state index contributed by atoms with van der Waals surface area (Å²) in [6, 6.07) is -2.35. The van der Waals surface area contributed by atoms with Gasteiger partial charge in [0.05, 0.1) is 17.5 Å². The second-order valence-electron chi connectivity index (χ2n) is 15.1. The lowest BCUT2D eigenvalue weighted by atomic mass is 9.95. The van der Waals surface area contributed by atoms with Crippen molar-refractivity contribution >= 4 is 41.0 Å². The van der Waals surface area contributed by atoms with Gasteiger partial charge in [0.25, 0.3) is 5.91 Å². The number of hydrogen-bond acceptors (Lipinski definition) is 11. The molecule has 3 heterocycles. The molecule has 0 aromatic carbocycles. The van der Waals surface area contributed by atoms with Crippen molar-refractivity contribution in [3.05, 3.63) is 39.9 Å². The first-order chi connectivity index (χ1) is 25.8. The monoisotopic (exact) mass is 795 g/mol. The molecule has 2 fully saturated rings. The maximum absolute atomic E-state index is 14.1. The van der Waals surface area contributed by atoms with Gasteiger partial charge in [-0.3, -0.25) is 28.9 Å². The van der Waals surface area contributed by atoms with Crippen LogP contribution in [0, 0.1) is 17.8 Å². The zero-order valence-corrected chi connectivity index (χ0v) is 32.9. The molecule has 55 heavy (non-hydrogen) atoms. The van der Waals surface area contributed by atoms with Crippen LogP contribution in [0.25, 0.3) is 0 Å². The molecule has 3 amide bonds. The molecule has 2 aromatic heterocycles. The number of esters is 1. The maximum Gasteiger partial charge on any atom is 0.419 e. The van der Waals surface area contributed by atoms with Crippen molar-refractivity contribution in [3.8, 4) is 0 Å². The summed E-state index contributed by atoms with van der Waals surface area (Å²) in [5, 5.41) is 17.0. The lowest BCUT2D eigenvalue weighted by Gasteiger charge is -2.37. The minimum absolute atomic E-state index is 0.0246. The van der Waals surface area contributed by atoms with Crippen molar-refractivity contribution in [3.63, 3.8) is 0 Å². The third kappa shape index (κ3) is 12.7. The zero-order valence-electron chi connectivity index (χ0n) is 32.1. The van der Waals surface area contributed by atoms with E-state index in [4.69, 9.17) is 4.74 Å². The van der Waals surface area contributed by atoms with Crippen LogP contribution >= 0.6 is 11.3 Å². The summed E-state index contributed by atoms with van der Waals surface area (Å²) >= 11 is 1.06. The van der Waals surface area contributed by atoms with E-state index in [1.165, 1.54) is 19.2 Å². The van der Waals surface area contributed by atoms with E-state index in [0.29, 0.717) is 24.7 Å². The molecule has 0 bridgehead atoms. The number of alkyl halides is 3. The molecule has 0 radical (unpaired) electrons. The average Bonchev–Trinajstić information content (AvgIpc) is 3.79. The predicted octanol–water partition coefficient (Wildman–Crippen LogP) is 4.65. The number of rotatable bonds is 18. The summed E-state index contributed by atoms with van der Waals surface area (Å²) in [4.78, 5) is 80.6. The molecule has 1 saturated carbocycles. The molecule has 4 rings (SSSR count). The van der Waals surface area contributed by atoms with Crippen molar-refractivity contribution in [2.45, 2.75) is 122 Å². The number of carboxylic acid groups (broad SMARTS) is 1. The van der Waals surface area contributed by atoms with E-state index in [0.717, 1.165) is 50.0 Å². The first kappa shape index (κ1) is 43.5. The van der Waals surface area contributed by atoms with Gasteiger partial charge in [-0.1, -0.05) is 40.0 Å². The first-order valence-corrected chi connectivity index (χ1v) is 19.5. The number of halogens is 3. The van der Waals surface area contributed by atoms with Crippen LogP contribution in [-0.2, 0) is 36.5 Å². The maximum atomic E-state index is 14.1. The Morgan fingerprint density at radius 2 is 1.73 bits per heavy atom. The number of nitrogens with one attached hydrogen (secondary N) is 2. The third-order valence-corrected chi connectivity index (χ3v) is 11.2. The van der Waals surface area contributed by atoms with Gasteiger partial charge in [-0.25, -0.2) is 15.0 Å². The topological polar surface area (TPSA) is 184 Å². The first-order valence-electron chi connectivity index (χ1n) is 18.7. The van der Waals surface area contributed by atoms with Crippen molar-refractivity contribution in [1.29, 1.82) is 0 Å². The smallest absolute Gasteiger partial charge is 0.419 e. The Hall–Kier alpha value is -4.19. The van der Waals surface area contributed by atoms with Gasteiger partial charge in [-0.05, 0) is 51.1 Å². The van der Waals surface area contributed by atoms with Crippen molar-refractivity contribution in [2.24, 2.45) is 17.8 Å². The van der Waals surface area contributed by atoms with Crippen LogP contribution in [0.4, 0.5) is 13.2 Å². The standard InChI is InChI=1S/C37H52F3N7O7S/c1-20(2)29(47(6)35(51)26(14-23-10-11-23)44-33(50)28-9-7-8-12-46(28)5)16-30(54-22(4)48)34-45-27(19-55-34)32(49)43-25(13-21(3)36(52)53)15-31-41-17-24(18-42-31)37(38,39)40/h17-21,23,25-26,28-30H,7-16H2,1-6H3,(H,43,49)(H,44,50)(H,52,53)/t21-,25+,26-,28+,29+,30+/m0/s1. The molecular formula is C37H52F3N7O7S. The van der Waals surface area contributed by atoms with Crippen LogP contribution in [-0.4, -0.2) is 104 Å². The van der Waals surface area contributed by atoms with Gasteiger partial charge in [-0.15, -0.1) is 11.3 Å². The van der Waals surface area contributed by atoms with Crippen LogP contribution in [0.5, 0.6) is 0 Å². The van der Waals surface area contributed by atoms with Crippen molar-refractivity contribution in [2.75, 3.05) is 20.6 Å². The Bertz CT molecular complexity index is 1650. The summed E-state index contributed by atoms with van der Waals surface area (Å²) < 4.78 is 44.8. The number of aromatic nitrogens is 3. The number of hydrogen-bond donors (Lipinski definition) is 3. The van der Waals surface area contributed by atoms with Crippen LogP contribution in [0.3, 0.4) is 0 Å².